The van der Waals surface area contributed by atoms with Gasteiger partial charge >= 0.3 is 18.0 Å². The van der Waals surface area contributed by atoms with Crippen LogP contribution in [0.1, 0.15) is 39.0 Å². The molecular weight excluding hydrogens is 276 g/mol. The smallest absolute Gasteiger partial charge is 0.326 e. The molecule has 7 nitrogen and oxygen atoms in total. The number of rotatable bonds is 6. The van der Waals surface area contributed by atoms with Gasteiger partial charge < -0.3 is 20.8 Å². The molecule has 0 heterocycles. The van der Waals surface area contributed by atoms with Crippen LogP contribution in [0.2, 0.25) is 0 Å². The van der Waals surface area contributed by atoms with Crippen LogP contribution in [0.5, 0.6) is 0 Å². The number of carbonyl (C=O) groups excluding carboxylic acids is 1. The molecule has 0 saturated heterocycles. The summed E-state index contributed by atoms with van der Waals surface area (Å²) < 4.78 is 0. The monoisotopic (exact) mass is 298 g/mol. The van der Waals surface area contributed by atoms with Gasteiger partial charge in [-0.3, -0.25) is 4.79 Å². The fraction of sp³-hybridized carbons (Fsp3) is 0.786. The molecule has 2 aliphatic carbocycles. The molecule has 0 aromatic carbocycles. The molecule has 21 heavy (non-hydrogen) atoms. The first kappa shape index (κ1) is 15.6. The lowest BCUT2D eigenvalue weighted by atomic mass is 9.84. The zero-order valence-corrected chi connectivity index (χ0v) is 12.0. The minimum absolute atomic E-state index is 0.0282. The molecule has 0 aromatic rings. The highest BCUT2D eigenvalue weighted by atomic mass is 16.4. The molecule has 2 bridgehead atoms. The molecule has 118 valence electrons. The zero-order valence-electron chi connectivity index (χ0n) is 12.0. The van der Waals surface area contributed by atoms with E-state index in [1.54, 1.807) is 0 Å². The summed E-state index contributed by atoms with van der Waals surface area (Å²) in [7, 11) is 0. The van der Waals surface area contributed by atoms with Gasteiger partial charge in [0.15, 0.2) is 0 Å². The third-order valence-electron chi connectivity index (χ3n) is 4.78. The SMILES string of the molecule is CC(NC(=O)N[C@H](CC(=O)O)C(=O)O)C1CC2CCC1C2. The van der Waals surface area contributed by atoms with Crippen molar-refractivity contribution in [2.75, 3.05) is 0 Å². The lowest BCUT2D eigenvalue weighted by Gasteiger charge is -2.29. The van der Waals surface area contributed by atoms with E-state index in [0.29, 0.717) is 11.8 Å². The second kappa shape index (κ2) is 6.32. The molecule has 2 aliphatic rings. The van der Waals surface area contributed by atoms with Crippen molar-refractivity contribution < 1.29 is 24.6 Å². The number of urea groups is 1. The third-order valence-corrected chi connectivity index (χ3v) is 4.78. The van der Waals surface area contributed by atoms with E-state index in [-0.39, 0.29) is 6.04 Å². The lowest BCUT2D eigenvalue weighted by Crippen LogP contribution is -2.51. The molecule has 0 radical (unpaired) electrons. The van der Waals surface area contributed by atoms with Gasteiger partial charge in [0.1, 0.15) is 6.04 Å². The summed E-state index contributed by atoms with van der Waals surface area (Å²) in [5.41, 5.74) is 0. The summed E-state index contributed by atoms with van der Waals surface area (Å²) in [4.78, 5) is 33.3. The standard InChI is InChI=1S/C14H22N2O5/c1-7(10-5-8-2-3-9(10)4-8)15-14(21)16-11(13(19)20)6-12(17)18/h7-11H,2-6H2,1H3,(H,17,18)(H,19,20)(H2,15,16,21)/t7?,8?,9?,10?,11-/m1/s1. The van der Waals surface area contributed by atoms with E-state index in [1.165, 1.54) is 19.3 Å². The Morgan fingerprint density at radius 2 is 1.86 bits per heavy atom. The molecule has 2 saturated carbocycles. The van der Waals surface area contributed by atoms with Gasteiger partial charge in [-0.2, -0.15) is 0 Å². The Labute approximate surface area is 123 Å². The molecule has 2 amide bonds. The maximum Gasteiger partial charge on any atom is 0.326 e. The fourth-order valence-electron chi connectivity index (χ4n) is 3.79. The third kappa shape index (κ3) is 3.86. The van der Waals surface area contributed by atoms with E-state index in [4.69, 9.17) is 10.2 Å². The van der Waals surface area contributed by atoms with E-state index >= 15 is 0 Å². The summed E-state index contributed by atoms with van der Waals surface area (Å²) in [6, 6.07) is -2.05. The Morgan fingerprint density at radius 1 is 1.14 bits per heavy atom. The lowest BCUT2D eigenvalue weighted by molar-refractivity contribution is -0.145. The van der Waals surface area contributed by atoms with Crippen molar-refractivity contribution in [1.29, 1.82) is 0 Å². The van der Waals surface area contributed by atoms with Crippen LogP contribution in [-0.2, 0) is 9.59 Å². The van der Waals surface area contributed by atoms with Crippen molar-refractivity contribution in [1.82, 2.24) is 10.6 Å². The number of aliphatic carboxylic acids is 2. The summed E-state index contributed by atoms with van der Waals surface area (Å²) in [6.07, 6.45) is 4.20. The Hall–Kier alpha value is -1.79. The van der Waals surface area contributed by atoms with Crippen LogP contribution >= 0.6 is 0 Å². The quantitative estimate of drug-likeness (QED) is 0.584. The average Bonchev–Trinajstić information content (AvgIpc) is 2.99. The number of carboxylic acids is 2. The molecule has 2 rings (SSSR count). The number of hydrogen-bond acceptors (Lipinski definition) is 3. The van der Waals surface area contributed by atoms with Crippen molar-refractivity contribution in [3.05, 3.63) is 0 Å². The van der Waals surface area contributed by atoms with E-state index in [1.807, 2.05) is 6.92 Å². The van der Waals surface area contributed by atoms with Crippen molar-refractivity contribution in [3.63, 3.8) is 0 Å². The molecule has 7 heteroatoms. The summed E-state index contributed by atoms with van der Waals surface area (Å²) >= 11 is 0. The number of carbonyl (C=O) groups is 3. The number of nitrogens with one attached hydrogen (secondary N) is 2. The number of amides is 2. The molecule has 4 unspecified atom stereocenters. The second-order valence-corrected chi connectivity index (χ2v) is 6.23. The molecule has 0 aromatic heterocycles. The van der Waals surface area contributed by atoms with Gasteiger partial charge in [0.05, 0.1) is 6.42 Å². The Bertz CT molecular complexity index is 439. The average molecular weight is 298 g/mol. The number of hydrogen-bond donors (Lipinski definition) is 4. The molecule has 0 aliphatic heterocycles. The van der Waals surface area contributed by atoms with Crippen LogP contribution in [0.15, 0.2) is 0 Å². The van der Waals surface area contributed by atoms with Gasteiger partial charge in [-0.05, 0) is 43.9 Å². The van der Waals surface area contributed by atoms with E-state index in [2.05, 4.69) is 10.6 Å². The maximum atomic E-state index is 11.8. The van der Waals surface area contributed by atoms with Gasteiger partial charge in [0.25, 0.3) is 0 Å². The van der Waals surface area contributed by atoms with Crippen molar-refractivity contribution in [2.24, 2.45) is 17.8 Å². The maximum absolute atomic E-state index is 11.8. The highest BCUT2D eigenvalue weighted by molar-refractivity contribution is 5.86. The summed E-state index contributed by atoms with van der Waals surface area (Å²) in [6.45, 7) is 1.93. The van der Waals surface area contributed by atoms with Gasteiger partial charge in [-0.25, -0.2) is 9.59 Å². The minimum Gasteiger partial charge on any atom is -0.481 e. The first-order valence-electron chi connectivity index (χ1n) is 7.38. The molecule has 0 spiro atoms. The highest BCUT2D eigenvalue weighted by Gasteiger charge is 2.42. The molecule has 5 atom stereocenters. The first-order valence-corrected chi connectivity index (χ1v) is 7.38. The van der Waals surface area contributed by atoms with Gasteiger partial charge in [-0.15, -0.1) is 0 Å². The normalized spacial score (nSPS) is 29.7. The number of fused-ring (bicyclic) bond motifs is 2. The Morgan fingerprint density at radius 3 is 2.33 bits per heavy atom. The van der Waals surface area contributed by atoms with Gasteiger partial charge in [0.2, 0.25) is 0 Å². The topological polar surface area (TPSA) is 116 Å². The van der Waals surface area contributed by atoms with E-state index in [0.717, 1.165) is 12.3 Å². The van der Waals surface area contributed by atoms with Crippen molar-refractivity contribution in [3.8, 4) is 0 Å². The van der Waals surface area contributed by atoms with Crippen LogP contribution in [0.3, 0.4) is 0 Å². The van der Waals surface area contributed by atoms with E-state index in [9.17, 15) is 14.4 Å². The Balaban J connectivity index is 1.82. The van der Waals surface area contributed by atoms with Crippen LogP contribution in [-0.4, -0.2) is 40.3 Å². The van der Waals surface area contributed by atoms with Crippen LogP contribution < -0.4 is 10.6 Å². The highest BCUT2D eigenvalue weighted by Crippen LogP contribution is 2.49. The van der Waals surface area contributed by atoms with Gasteiger partial charge in [0, 0.05) is 6.04 Å². The largest absolute Gasteiger partial charge is 0.481 e. The number of carboxylic acid groups (broad SMARTS) is 2. The Kier molecular flexibility index (Phi) is 4.69. The minimum atomic E-state index is -1.41. The molecule has 4 N–H and O–H groups in total. The van der Waals surface area contributed by atoms with Gasteiger partial charge in [-0.1, -0.05) is 6.42 Å². The van der Waals surface area contributed by atoms with Crippen LogP contribution in [0.25, 0.3) is 0 Å². The predicted octanol–water partition coefficient (Wildman–Crippen LogP) is 1.04. The summed E-state index contributed by atoms with van der Waals surface area (Å²) in [5.74, 6) is -0.744. The fourth-order valence-corrected chi connectivity index (χ4v) is 3.79. The predicted molar refractivity (Wildman–Crippen MR) is 73.7 cm³/mol. The van der Waals surface area contributed by atoms with Crippen molar-refractivity contribution >= 4 is 18.0 Å². The van der Waals surface area contributed by atoms with E-state index < -0.39 is 30.4 Å². The second-order valence-electron chi connectivity index (χ2n) is 6.23. The van der Waals surface area contributed by atoms with Crippen LogP contribution in [0, 0.1) is 17.8 Å². The first-order chi connectivity index (χ1) is 9.86. The van der Waals surface area contributed by atoms with Crippen molar-refractivity contribution in [2.45, 2.75) is 51.1 Å². The molecular formula is C14H22N2O5. The zero-order chi connectivity index (χ0) is 15.6. The van der Waals surface area contributed by atoms with Crippen LogP contribution in [0.4, 0.5) is 4.79 Å². The molecule has 2 fully saturated rings. The summed E-state index contributed by atoms with van der Waals surface area (Å²) in [5, 5.41) is 22.5.